The molecule has 5 rings (SSSR count). The quantitative estimate of drug-likeness (QED) is 0.189. The van der Waals surface area contributed by atoms with Crippen molar-refractivity contribution >= 4 is 24.4 Å². The molecule has 1 aliphatic heterocycles. The molecule has 1 aliphatic rings. The van der Waals surface area contributed by atoms with Gasteiger partial charge in [-0.1, -0.05) is 121 Å². The highest BCUT2D eigenvalue weighted by Gasteiger charge is 2.27. The molecule has 0 spiro atoms. The number of rotatable bonds is 8. The molecule has 0 atom stereocenters. The lowest BCUT2D eigenvalue weighted by atomic mass is 10.2. The first-order chi connectivity index (χ1) is 25.4. The van der Waals surface area contributed by atoms with E-state index in [4.69, 9.17) is 18.9 Å². The summed E-state index contributed by atoms with van der Waals surface area (Å²) in [7, 11) is 0. The van der Waals surface area contributed by atoms with E-state index in [-0.39, 0.29) is 78.8 Å². The second kappa shape index (κ2) is 20.0. The fourth-order valence-electron chi connectivity index (χ4n) is 5.39. The van der Waals surface area contributed by atoms with Crippen LogP contribution < -0.4 is 0 Å². The average Bonchev–Trinajstić information content (AvgIpc) is 3.19. The van der Waals surface area contributed by atoms with Crippen molar-refractivity contribution in [3.05, 3.63) is 144 Å². The van der Waals surface area contributed by atoms with Gasteiger partial charge >= 0.3 is 24.4 Å². The molecule has 0 aromatic heterocycles. The maximum absolute atomic E-state index is 13.5. The molecule has 0 bridgehead atoms. The number of hydrogen-bond acceptors (Lipinski definition) is 8. The third kappa shape index (κ3) is 12.1. The summed E-state index contributed by atoms with van der Waals surface area (Å²) in [6, 6.07) is 37.2. The van der Waals surface area contributed by atoms with Crippen LogP contribution in [0.2, 0.25) is 0 Å². The van der Waals surface area contributed by atoms with Crippen LogP contribution in [0, 0.1) is 0 Å². The molecule has 4 aromatic carbocycles. The number of ether oxygens (including phenoxy) is 4. The van der Waals surface area contributed by atoms with Crippen molar-refractivity contribution in [1.29, 1.82) is 0 Å². The van der Waals surface area contributed by atoms with Crippen LogP contribution in [-0.4, -0.2) is 96.3 Å². The van der Waals surface area contributed by atoms with Crippen molar-refractivity contribution in [2.24, 2.45) is 0 Å². The first kappa shape index (κ1) is 37.2. The smallest absolute Gasteiger partial charge is 0.410 e. The third-order valence-corrected chi connectivity index (χ3v) is 8.41. The zero-order chi connectivity index (χ0) is 36.4. The molecule has 1 saturated heterocycles. The minimum Gasteiger partial charge on any atom is -0.445 e. The molecule has 0 aliphatic carbocycles. The number of carbonyl (C=O) groups excluding carboxylic acids is 4. The van der Waals surface area contributed by atoms with E-state index >= 15 is 0 Å². The second-order valence-electron chi connectivity index (χ2n) is 12.1. The molecule has 12 heteroatoms. The van der Waals surface area contributed by atoms with Gasteiger partial charge < -0.3 is 38.5 Å². The van der Waals surface area contributed by atoms with Crippen molar-refractivity contribution in [3.63, 3.8) is 0 Å². The molecule has 0 saturated carbocycles. The highest BCUT2D eigenvalue weighted by molar-refractivity contribution is 5.71. The molecule has 1 heterocycles. The molecule has 12 nitrogen and oxygen atoms in total. The summed E-state index contributed by atoms with van der Waals surface area (Å²) in [6.45, 7) is 0.892. The van der Waals surface area contributed by atoms with Gasteiger partial charge in [0.2, 0.25) is 0 Å². The fraction of sp³-hybridized carbons (Fsp3) is 0.300. The Kier molecular flexibility index (Phi) is 14.3. The summed E-state index contributed by atoms with van der Waals surface area (Å²) in [4.78, 5) is 59.7. The minimum atomic E-state index is -0.595. The Labute approximate surface area is 304 Å². The van der Waals surface area contributed by atoms with Crippen molar-refractivity contribution in [2.45, 2.75) is 26.4 Å². The maximum atomic E-state index is 13.5. The lowest BCUT2D eigenvalue weighted by Crippen LogP contribution is -2.50. The van der Waals surface area contributed by atoms with Gasteiger partial charge in [0.15, 0.2) is 0 Å². The molecule has 272 valence electrons. The normalized spacial score (nSPS) is 14.0. The molecule has 0 unspecified atom stereocenters. The van der Waals surface area contributed by atoms with Gasteiger partial charge in [-0.2, -0.15) is 0 Å². The summed E-state index contributed by atoms with van der Waals surface area (Å²) in [5.74, 6) is 0. The van der Waals surface area contributed by atoms with Crippen molar-refractivity contribution in [2.75, 3.05) is 52.4 Å². The molecular formula is C40H44N4O8. The average molecular weight is 709 g/mol. The fourth-order valence-corrected chi connectivity index (χ4v) is 5.39. The lowest BCUT2D eigenvalue weighted by molar-refractivity contribution is 0.0557. The Morgan fingerprint density at radius 1 is 0.327 bits per heavy atom. The van der Waals surface area contributed by atoms with Crippen molar-refractivity contribution in [3.8, 4) is 0 Å². The van der Waals surface area contributed by atoms with Crippen molar-refractivity contribution < 1.29 is 38.1 Å². The monoisotopic (exact) mass is 708 g/mol. The van der Waals surface area contributed by atoms with Gasteiger partial charge in [-0.3, -0.25) is 0 Å². The Morgan fingerprint density at radius 3 is 0.673 bits per heavy atom. The topological polar surface area (TPSA) is 118 Å². The molecular weight excluding hydrogens is 664 g/mol. The summed E-state index contributed by atoms with van der Waals surface area (Å²) < 4.78 is 22.6. The van der Waals surface area contributed by atoms with E-state index < -0.39 is 24.4 Å². The van der Waals surface area contributed by atoms with Crippen LogP contribution in [0.3, 0.4) is 0 Å². The van der Waals surface area contributed by atoms with E-state index in [2.05, 4.69) is 0 Å². The third-order valence-electron chi connectivity index (χ3n) is 8.41. The summed E-state index contributed by atoms with van der Waals surface area (Å²) in [6.07, 6.45) is -2.38. The van der Waals surface area contributed by atoms with E-state index in [1.807, 2.05) is 121 Å². The second-order valence-corrected chi connectivity index (χ2v) is 12.1. The van der Waals surface area contributed by atoms with E-state index in [9.17, 15) is 19.2 Å². The largest absolute Gasteiger partial charge is 0.445 e. The summed E-state index contributed by atoms with van der Waals surface area (Å²) in [5, 5.41) is 0. The van der Waals surface area contributed by atoms with Crippen LogP contribution in [-0.2, 0) is 45.4 Å². The van der Waals surface area contributed by atoms with Gasteiger partial charge in [-0.25, -0.2) is 19.2 Å². The Bertz CT molecular complexity index is 1430. The van der Waals surface area contributed by atoms with E-state index in [1.165, 1.54) is 19.6 Å². The number of hydrogen-bond donors (Lipinski definition) is 0. The van der Waals surface area contributed by atoms with Crippen LogP contribution in [0.5, 0.6) is 0 Å². The SMILES string of the molecule is O=C(OCc1ccccc1)N1CCN(C(=O)OCc2ccccc2)CCN(C(=O)OCc2ccccc2)CCN(C(=O)OCc2ccccc2)CC1. The summed E-state index contributed by atoms with van der Waals surface area (Å²) in [5.41, 5.74) is 3.28. The van der Waals surface area contributed by atoms with E-state index in [0.29, 0.717) is 0 Å². The highest BCUT2D eigenvalue weighted by Crippen LogP contribution is 2.11. The van der Waals surface area contributed by atoms with E-state index in [1.54, 1.807) is 0 Å². The number of carbonyl (C=O) groups is 4. The van der Waals surface area contributed by atoms with Crippen LogP contribution in [0.4, 0.5) is 19.2 Å². The zero-order valence-electron chi connectivity index (χ0n) is 29.1. The van der Waals surface area contributed by atoms with Gasteiger partial charge in [-0.15, -0.1) is 0 Å². The Hall–Kier alpha value is -6.04. The van der Waals surface area contributed by atoms with Gasteiger partial charge in [0, 0.05) is 52.4 Å². The standard InChI is InChI=1S/C40H44N4O8/c45-37(49-29-33-13-5-1-6-14-33)41-21-23-42(38(46)50-30-34-15-7-2-8-16-34)25-27-44(40(48)52-32-36-19-11-4-12-20-36)28-26-43(24-22-41)39(47)51-31-35-17-9-3-10-18-35/h1-20H,21-32H2. The number of benzene rings is 4. The predicted molar refractivity (Wildman–Crippen MR) is 193 cm³/mol. The highest BCUT2D eigenvalue weighted by atomic mass is 16.6. The molecule has 4 aromatic rings. The molecule has 1 fully saturated rings. The van der Waals surface area contributed by atoms with Crippen LogP contribution in [0.25, 0.3) is 0 Å². The Morgan fingerprint density at radius 2 is 0.500 bits per heavy atom. The molecule has 0 N–H and O–H groups in total. The molecule has 0 radical (unpaired) electrons. The maximum Gasteiger partial charge on any atom is 0.410 e. The predicted octanol–water partition coefficient (Wildman–Crippen LogP) is 6.56. The molecule has 52 heavy (non-hydrogen) atoms. The van der Waals surface area contributed by atoms with Crippen molar-refractivity contribution in [1.82, 2.24) is 19.6 Å². The summed E-state index contributed by atoms with van der Waals surface area (Å²) >= 11 is 0. The minimum absolute atomic E-state index is 0.0574. The van der Waals surface area contributed by atoms with Crippen LogP contribution in [0.15, 0.2) is 121 Å². The Balaban J connectivity index is 1.33. The first-order valence-corrected chi connectivity index (χ1v) is 17.3. The van der Waals surface area contributed by atoms with Gasteiger partial charge in [0.05, 0.1) is 0 Å². The van der Waals surface area contributed by atoms with Crippen LogP contribution >= 0.6 is 0 Å². The first-order valence-electron chi connectivity index (χ1n) is 17.3. The van der Waals surface area contributed by atoms with Gasteiger partial charge in [-0.05, 0) is 22.3 Å². The number of nitrogens with zero attached hydrogens (tertiary/aromatic N) is 4. The van der Waals surface area contributed by atoms with Crippen LogP contribution in [0.1, 0.15) is 22.3 Å². The van der Waals surface area contributed by atoms with Gasteiger partial charge in [0.1, 0.15) is 26.4 Å². The lowest BCUT2D eigenvalue weighted by Gasteiger charge is -2.33. The van der Waals surface area contributed by atoms with E-state index in [0.717, 1.165) is 22.3 Å². The number of amides is 4. The zero-order valence-corrected chi connectivity index (χ0v) is 29.1. The van der Waals surface area contributed by atoms with Gasteiger partial charge in [0.25, 0.3) is 0 Å². The molecule has 4 amide bonds.